The predicted octanol–water partition coefficient (Wildman–Crippen LogP) is -0.312. The van der Waals surface area contributed by atoms with E-state index >= 15 is 0 Å². The quantitative estimate of drug-likeness (QED) is 0.690. The van der Waals surface area contributed by atoms with E-state index in [0.717, 1.165) is 11.8 Å². The third kappa shape index (κ3) is 5.29. The molecule has 7 nitrogen and oxygen atoms in total. The van der Waals surface area contributed by atoms with Crippen molar-refractivity contribution in [3.63, 3.8) is 0 Å². The Morgan fingerprint density at radius 2 is 1.75 bits per heavy atom. The monoisotopic (exact) mass is 324 g/mol. The topological polar surface area (TPSA) is 95.0 Å². The number of rotatable bonds is 7. The van der Waals surface area contributed by atoms with Gasteiger partial charge in [0.1, 0.15) is 0 Å². The lowest BCUT2D eigenvalue weighted by Gasteiger charge is -2.34. The number of carbonyl (C=O) groups excluding carboxylic acids is 1. The first kappa shape index (κ1) is 17.3. The maximum atomic E-state index is 11.9. The summed E-state index contributed by atoms with van der Waals surface area (Å²) in [7, 11) is -3.20. The summed E-state index contributed by atoms with van der Waals surface area (Å²) in [5, 5.41) is 8.49. The van der Waals surface area contributed by atoms with Crippen LogP contribution in [0.15, 0.2) is 0 Å². The molecule has 1 heterocycles. The van der Waals surface area contributed by atoms with Gasteiger partial charge in [-0.2, -0.15) is 4.31 Å². The second kappa shape index (κ2) is 7.84. The standard InChI is InChI=1S/C11H20N2O5S2/c1-2-7-20(17,18)13-5-3-12(4-6-13)10(14)8-19-9-11(15)16/h2-9H2,1H3,(H,15,16). The van der Waals surface area contributed by atoms with Crippen LogP contribution in [0.25, 0.3) is 0 Å². The molecule has 1 aliphatic rings. The van der Waals surface area contributed by atoms with Crippen LogP contribution in [0.2, 0.25) is 0 Å². The zero-order valence-corrected chi connectivity index (χ0v) is 13.1. The molecule has 1 saturated heterocycles. The van der Waals surface area contributed by atoms with Crippen molar-refractivity contribution >= 4 is 33.7 Å². The molecule has 0 atom stereocenters. The maximum absolute atomic E-state index is 11.9. The van der Waals surface area contributed by atoms with Crippen LogP contribution in [0.1, 0.15) is 13.3 Å². The van der Waals surface area contributed by atoms with Gasteiger partial charge in [-0.25, -0.2) is 8.42 Å². The molecule has 0 aromatic heterocycles. The number of sulfonamides is 1. The number of carbonyl (C=O) groups is 2. The number of aliphatic carboxylic acids is 1. The Morgan fingerprint density at radius 1 is 1.15 bits per heavy atom. The van der Waals surface area contributed by atoms with Gasteiger partial charge in [-0.05, 0) is 6.42 Å². The number of carboxylic acids is 1. The lowest BCUT2D eigenvalue weighted by Crippen LogP contribution is -2.51. The van der Waals surface area contributed by atoms with Crippen LogP contribution in [0.3, 0.4) is 0 Å². The summed E-state index contributed by atoms with van der Waals surface area (Å²) in [5.41, 5.74) is 0. The van der Waals surface area contributed by atoms with Crippen LogP contribution in [0.4, 0.5) is 0 Å². The highest BCUT2D eigenvalue weighted by Gasteiger charge is 2.27. The first-order chi connectivity index (χ1) is 9.36. The molecule has 1 fully saturated rings. The van der Waals surface area contributed by atoms with Gasteiger partial charge < -0.3 is 10.0 Å². The Labute approximate surface area is 123 Å². The molecule has 1 amide bonds. The van der Waals surface area contributed by atoms with Crippen LogP contribution in [-0.2, 0) is 19.6 Å². The van der Waals surface area contributed by atoms with Gasteiger partial charge in [-0.1, -0.05) is 6.92 Å². The van der Waals surface area contributed by atoms with E-state index in [1.54, 1.807) is 4.90 Å². The van der Waals surface area contributed by atoms with E-state index in [9.17, 15) is 18.0 Å². The van der Waals surface area contributed by atoms with Gasteiger partial charge in [-0.15, -0.1) is 11.8 Å². The SMILES string of the molecule is CCCS(=O)(=O)N1CCN(C(=O)CSCC(=O)O)CC1. The lowest BCUT2D eigenvalue weighted by molar-refractivity contribution is -0.133. The van der Waals surface area contributed by atoms with Crippen molar-refractivity contribution < 1.29 is 23.1 Å². The minimum Gasteiger partial charge on any atom is -0.481 e. The molecular weight excluding hydrogens is 304 g/mol. The van der Waals surface area contributed by atoms with E-state index in [1.165, 1.54) is 4.31 Å². The molecule has 1 aliphatic heterocycles. The Hall–Kier alpha value is -0.800. The maximum Gasteiger partial charge on any atom is 0.313 e. The first-order valence-corrected chi connectivity index (χ1v) is 9.18. The smallest absolute Gasteiger partial charge is 0.313 e. The van der Waals surface area contributed by atoms with E-state index in [0.29, 0.717) is 32.6 Å². The summed E-state index contributed by atoms with van der Waals surface area (Å²) >= 11 is 1.05. The summed E-state index contributed by atoms with van der Waals surface area (Å²) in [6.07, 6.45) is 0.577. The normalized spacial score (nSPS) is 17.1. The number of carboxylic acid groups (broad SMARTS) is 1. The molecule has 0 spiro atoms. The van der Waals surface area contributed by atoms with Gasteiger partial charge in [-0.3, -0.25) is 9.59 Å². The van der Waals surface area contributed by atoms with Crippen molar-refractivity contribution in [1.29, 1.82) is 0 Å². The highest BCUT2D eigenvalue weighted by molar-refractivity contribution is 8.00. The van der Waals surface area contributed by atoms with Crippen LogP contribution in [-0.4, -0.2) is 78.0 Å². The average molecular weight is 324 g/mol. The van der Waals surface area contributed by atoms with E-state index < -0.39 is 16.0 Å². The molecule has 9 heteroatoms. The van der Waals surface area contributed by atoms with Gasteiger partial charge in [0, 0.05) is 26.2 Å². The summed E-state index contributed by atoms with van der Waals surface area (Å²) in [6, 6.07) is 0. The zero-order valence-electron chi connectivity index (χ0n) is 11.4. The van der Waals surface area contributed by atoms with E-state index in [-0.39, 0.29) is 23.2 Å². The summed E-state index contributed by atoms with van der Waals surface area (Å²) in [5.74, 6) is -0.929. The molecule has 116 valence electrons. The summed E-state index contributed by atoms with van der Waals surface area (Å²) < 4.78 is 25.1. The van der Waals surface area contributed by atoms with Crippen LogP contribution < -0.4 is 0 Å². The van der Waals surface area contributed by atoms with Gasteiger partial charge >= 0.3 is 5.97 Å². The van der Waals surface area contributed by atoms with Crippen molar-refractivity contribution in [2.75, 3.05) is 43.4 Å². The number of thioether (sulfide) groups is 1. The fourth-order valence-corrected chi connectivity index (χ4v) is 4.05. The van der Waals surface area contributed by atoms with Crippen molar-refractivity contribution in [2.45, 2.75) is 13.3 Å². The second-order valence-electron chi connectivity index (χ2n) is 4.48. The first-order valence-electron chi connectivity index (χ1n) is 6.42. The molecule has 0 radical (unpaired) electrons. The summed E-state index contributed by atoms with van der Waals surface area (Å²) in [4.78, 5) is 23.7. The molecular formula is C11H20N2O5S2. The number of hydrogen-bond acceptors (Lipinski definition) is 5. The molecule has 0 bridgehead atoms. The molecule has 0 saturated carbocycles. The van der Waals surface area contributed by atoms with Gasteiger partial charge in [0.2, 0.25) is 15.9 Å². The lowest BCUT2D eigenvalue weighted by atomic mass is 10.3. The highest BCUT2D eigenvalue weighted by Crippen LogP contribution is 2.11. The second-order valence-corrected chi connectivity index (χ2v) is 7.56. The van der Waals surface area contributed by atoms with Crippen molar-refractivity contribution in [3.05, 3.63) is 0 Å². The van der Waals surface area contributed by atoms with E-state index in [2.05, 4.69) is 0 Å². The van der Waals surface area contributed by atoms with Crippen molar-refractivity contribution in [3.8, 4) is 0 Å². The third-order valence-electron chi connectivity index (χ3n) is 2.90. The number of hydrogen-bond donors (Lipinski definition) is 1. The average Bonchev–Trinajstić information content (AvgIpc) is 2.38. The largest absolute Gasteiger partial charge is 0.481 e. The molecule has 1 rings (SSSR count). The van der Waals surface area contributed by atoms with Crippen LogP contribution in [0.5, 0.6) is 0 Å². The molecule has 20 heavy (non-hydrogen) atoms. The number of amides is 1. The van der Waals surface area contributed by atoms with Gasteiger partial charge in [0.05, 0.1) is 17.3 Å². The van der Waals surface area contributed by atoms with Crippen molar-refractivity contribution in [2.24, 2.45) is 0 Å². The highest BCUT2D eigenvalue weighted by atomic mass is 32.2. The Bertz CT molecular complexity index is 444. The molecule has 0 aromatic rings. The minimum atomic E-state index is -3.20. The van der Waals surface area contributed by atoms with E-state index in [4.69, 9.17) is 5.11 Å². The Kier molecular flexibility index (Phi) is 6.77. The van der Waals surface area contributed by atoms with Crippen molar-refractivity contribution in [1.82, 2.24) is 9.21 Å². The summed E-state index contributed by atoms with van der Waals surface area (Å²) in [6.45, 7) is 3.19. The molecule has 1 N–H and O–H groups in total. The van der Waals surface area contributed by atoms with Crippen LogP contribution in [0, 0.1) is 0 Å². The zero-order chi connectivity index (χ0) is 15.2. The van der Waals surface area contributed by atoms with Crippen LogP contribution >= 0.6 is 11.8 Å². The number of nitrogens with zero attached hydrogens (tertiary/aromatic N) is 2. The fraction of sp³-hybridized carbons (Fsp3) is 0.818. The minimum absolute atomic E-state index is 0.101. The fourth-order valence-electron chi connectivity index (χ4n) is 1.92. The van der Waals surface area contributed by atoms with Gasteiger partial charge in [0.25, 0.3) is 0 Å². The Morgan fingerprint density at radius 3 is 2.25 bits per heavy atom. The molecule has 0 unspecified atom stereocenters. The van der Waals surface area contributed by atoms with Gasteiger partial charge in [0.15, 0.2) is 0 Å². The molecule has 0 aromatic carbocycles. The van der Waals surface area contributed by atoms with E-state index in [1.807, 2.05) is 6.92 Å². The third-order valence-corrected chi connectivity index (χ3v) is 5.88. The Balaban J connectivity index is 2.38. The number of piperazine rings is 1. The molecule has 0 aliphatic carbocycles. The predicted molar refractivity (Wildman–Crippen MR) is 77.2 cm³/mol.